The second-order valence-electron chi connectivity index (χ2n) is 7.31. The number of tetrazole rings is 1. The van der Waals surface area contributed by atoms with Crippen LogP contribution in [0.15, 0.2) is 39.1 Å². The third-order valence-corrected chi connectivity index (χ3v) is 5.90. The van der Waals surface area contributed by atoms with Crippen molar-refractivity contribution in [3.8, 4) is 6.07 Å². The molecule has 12 nitrogen and oxygen atoms in total. The molecular weight excluding hydrogens is 460 g/mol. The van der Waals surface area contributed by atoms with E-state index in [1.165, 1.54) is 22.1 Å². The summed E-state index contributed by atoms with van der Waals surface area (Å²) in [7, 11) is 1.52. The van der Waals surface area contributed by atoms with Crippen LogP contribution in [0.5, 0.6) is 0 Å². The monoisotopic (exact) mass is 478 g/mol. The van der Waals surface area contributed by atoms with E-state index in [-0.39, 0.29) is 35.8 Å². The van der Waals surface area contributed by atoms with Crippen molar-refractivity contribution in [3.05, 3.63) is 57.9 Å². The van der Waals surface area contributed by atoms with E-state index in [1.54, 1.807) is 24.3 Å². The minimum atomic E-state index is -0.966. The Hall–Kier alpha value is -4.41. The number of aliphatic hydroxyl groups excluding tert-OH is 1. The zero-order chi connectivity index (χ0) is 24.4. The molecule has 1 atom stereocenters. The molecule has 0 spiro atoms. The second kappa shape index (κ2) is 9.22. The number of carbonyl (C=O) groups is 2. The van der Waals surface area contributed by atoms with E-state index < -0.39 is 17.9 Å². The first-order valence-electron chi connectivity index (χ1n) is 9.82. The lowest BCUT2D eigenvalue weighted by Crippen LogP contribution is -2.28. The molecule has 0 bridgehead atoms. The molecule has 0 fully saturated rings. The van der Waals surface area contributed by atoms with Crippen LogP contribution < -0.4 is 5.73 Å². The van der Waals surface area contributed by atoms with Gasteiger partial charge in [0.1, 0.15) is 22.8 Å². The summed E-state index contributed by atoms with van der Waals surface area (Å²) in [5.74, 6) is -0.814. The molecule has 0 aliphatic rings. The summed E-state index contributed by atoms with van der Waals surface area (Å²) >= 11 is 1.09. The Morgan fingerprint density at radius 3 is 2.94 bits per heavy atom. The van der Waals surface area contributed by atoms with Gasteiger partial charge in [-0.3, -0.25) is 14.6 Å². The second-order valence-corrected chi connectivity index (χ2v) is 8.17. The number of amides is 2. The van der Waals surface area contributed by atoms with Gasteiger partial charge >= 0.3 is 0 Å². The number of nitrogens with zero attached hydrogens (tertiary/aromatic N) is 7. The highest BCUT2D eigenvalue weighted by molar-refractivity contribution is 7.14. The van der Waals surface area contributed by atoms with E-state index in [9.17, 15) is 14.7 Å². The van der Waals surface area contributed by atoms with E-state index >= 15 is 0 Å². The number of thiophene rings is 1. The van der Waals surface area contributed by atoms with Gasteiger partial charge in [-0.05, 0) is 23.6 Å². The maximum absolute atomic E-state index is 12.9. The molecule has 172 valence electrons. The van der Waals surface area contributed by atoms with E-state index in [1.807, 2.05) is 6.07 Å². The van der Waals surface area contributed by atoms with Gasteiger partial charge in [-0.25, -0.2) is 0 Å². The lowest BCUT2D eigenvalue weighted by Gasteiger charge is -2.15. The lowest BCUT2D eigenvalue weighted by molar-refractivity contribution is 0.0777. The van der Waals surface area contributed by atoms with Crippen LogP contribution in [0.1, 0.15) is 44.0 Å². The zero-order valence-corrected chi connectivity index (χ0v) is 18.7. The first kappa shape index (κ1) is 22.8. The van der Waals surface area contributed by atoms with Crippen LogP contribution in [0.4, 0.5) is 5.00 Å². The third-order valence-electron chi connectivity index (χ3n) is 4.99. The molecule has 3 aromatic heterocycles. The van der Waals surface area contributed by atoms with Gasteiger partial charge in [-0.2, -0.15) is 10.1 Å². The molecule has 13 heteroatoms. The van der Waals surface area contributed by atoms with Gasteiger partial charge < -0.3 is 20.2 Å². The van der Waals surface area contributed by atoms with Crippen molar-refractivity contribution in [3.63, 3.8) is 0 Å². The van der Waals surface area contributed by atoms with Crippen LogP contribution in [0.25, 0.3) is 11.0 Å². The third kappa shape index (κ3) is 4.40. The zero-order valence-electron chi connectivity index (χ0n) is 17.9. The molecule has 4 rings (SSSR count). The van der Waals surface area contributed by atoms with Crippen molar-refractivity contribution in [1.82, 2.24) is 25.1 Å². The molecule has 0 aliphatic heterocycles. The average Bonchev–Trinajstić information content (AvgIpc) is 3.55. The fraction of sp³-hybridized carbons (Fsp3) is 0.190. The van der Waals surface area contributed by atoms with Crippen molar-refractivity contribution in [2.45, 2.75) is 19.2 Å². The highest BCUT2D eigenvalue weighted by Gasteiger charge is 2.25. The number of aromatic nitrogens is 4. The number of nitrogens with two attached hydrogens (primary N) is 1. The van der Waals surface area contributed by atoms with Crippen molar-refractivity contribution >= 4 is 45.8 Å². The highest BCUT2D eigenvalue weighted by atomic mass is 32.1. The molecule has 0 radical (unpaired) electrons. The summed E-state index contributed by atoms with van der Waals surface area (Å²) in [4.78, 5) is 30.9. The maximum atomic E-state index is 12.9. The predicted molar refractivity (Wildman–Crippen MR) is 122 cm³/mol. The molecule has 3 heterocycles. The molecule has 2 amide bonds. The number of benzene rings is 1. The molecular formula is C21H18N8O4S. The topological polar surface area (TPSA) is 177 Å². The number of hydrogen-bond donors (Lipinski definition) is 2. The molecule has 0 saturated heterocycles. The van der Waals surface area contributed by atoms with Crippen molar-refractivity contribution in [2.24, 2.45) is 10.7 Å². The van der Waals surface area contributed by atoms with Crippen molar-refractivity contribution < 1.29 is 19.1 Å². The van der Waals surface area contributed by atoms with Crippen molar-refractivity contribution in [2.75, 3.05) is 7.05 Å². The SMILES string of the molecule is C=Nc1scc(C(N)=O)c1C(=O)N(C)Cc1nnn(C[C@H](O)c2ccc3cc(C#N)oc3c2)n1. The summed E-state index contributed by atoms with van der Waals surface area (Å²) in [5.41, 5.74) is 6.54. The Bertz CT molecular complexity index is 1450. The first-order valence-corrected chi connectivity index (χ1v) is 10.7. The summed E-state index contributed by atoms with van der Waals surface area (Å²) in [6, 6.07) is 8.66. The number of rotatable bonds is 8. The van der Waals surface area contributed by atoms with E-state index in [0.29, 0.717) is 16.1 Å². The average molecular weight is 478 g/mol. The Morgan fingerprint density at radius 2 is 2.24 bits per heavy atom. The molecule has 3 N–H and O–H groups in total. The van der Waals surface area contributed by atoms with Crippen LogP contribution >= 0.6 is 11.3 Å². The molecule has 0 saturated carbocycles. The van der Waals surface area contributed by atoms with E-state index in [0.717, 1.165) is 16.7 Å². The van der Waals surface area contributed by atoms with Gasteiger partial charge in [0.05, 0.1) is 24.2 Å². The van der Waals surface area contributed by atoms with Crippen LogP contribution in [0.3, 0.4) is 0 Å². The minimum Gasteiger partial charge on any atom is -0.446 e. The van der Waals surface area contributed by atoms with Crippen LogP contribution in [0, 0.1) is 11.3 Å². The number of aliphatic hydroxyl groups is 1. The molecule has 1 aromatic carbocycles. The smallest absolute Gasteiger partial charge is 0.257 e. The summed E-state index contributed by atoms with van der Waals surface area (Å²) < 4.78 is 5.40. The van der Waals surface area contributed by atoms with E-state index in [2.05, 4.69) is 27.1 Å². The summed E-state index contributed by atoms with van der Waals surface area (Å²) in [6.07, 6.45) is -0.966. The first-order chi connectivity index (χ1) is 16.3. The Balaban J connectivity index is 1.45. The molecule has 34 heavy (non-hydrogen) atoms. The Kier molecular flexibility index (Phi) is 6.17. The largest absolute Gasteiger partial charge is 0.446 e. The minimum absolute atomic E-state index is 0.00285. The van der Waals surface area contributed by atoms with Crippen LogP contribution in [-0.2, 0) is 13.1 Å². The highest BCUT2D eigenvalue weighted by Crippen LogP contribution is 2.31. The number of primary amides is 1. The van der Waals surface area contributed by atoms with Gasteiger partial charge in [0.25, 0.3) is 5.91 Å². The summed E-state index contributed by atoms with van der Waals surface area (Å²) in [6.45, 7) is 3.42. The number of aliphatic imine (C=N–C) groups is 1. The molecule has 0 unspecified atom stereocenters. The Labute approximate surface area is 196 Å². The number of fused-ring (bicyclic) bond motifs is 1. The Morgan fingerprint density at radius 1 is 1.44 bits per heavy atom. The fourth-order valence-electron chi connectivity index (χ4n) is 3.31. The van der Waals surface area contributed by atoms with Gasteiger partial charge in [0.15, 0.2) is 5.82 Å². The number of hydrogen-bond acceptors (Lipinski definition) is 10. The van der Waals surface area contributed by atoms with E-state index in [4.69, 9.17) is 15.4 Å². The number of furan rings is 1. The standard InChI is InChI=1S/C21H18N8O4S/c1-24-20-18(14(10-34-20)19(23)31)21(32)28(2)9-17-25-27-29(26-17)8-15(30)11-3-4-12-5-13(7-22)33-16(12)6-11/h3-6,10,15,30H,1,8-9H2,2H3,(H2,23,31)/t15-/m0/s1. The number of nitriles is 1. The van der Waals surface area contributed by atoms with Gasteiger partial charge in [0.2, 0.25) is 11.7 Å². The van der Waals surface area contributed by atoms with Crippen molar-refractivity contribution in [1.29, 1.82) is 5.26 Å². The lowest BCUT2D eigenvalue weighted by atomic mass is 10.1. The van der Waals surface area contributed by atoms with Gasteiger partial charge in [-0.1, -0.05) is 12.1 Å². The van der Waals surface area contributed by atoms with Crippen LogP contribution in [0.2, 0.25) is 0 Å². The molecule has 0 aliphatic carbocycles. The summed E-state index contributed by atoms with van der Waals surface area (Å²) in [5, 5.41) is 34.1. The number of carbonyl (C=O) groups excluding carboxylic acids is 2. The fourth-order valence-corrected chi connectivity index (χ4v) is 4.17. The van der Waals surface area contributed by atoms with Gasteiger partial charge in [-0.15, -0.1) is 21.5 Å². The normalized spacial score (nSPS) is 11.8. The quantitative estimate of drug-likeness (QED) is 0.360. The van der Waals surface area contributed by atoms with Gasteiger partial charge in [0, 0.05) is 23.9 Å². The molecule has 4 aromatic rings. The maximum Gasteiger partial charge on any atom is 0.257 e. The predicted octanol–water partition coefficient (Wildman–Crippen LogP) is 1.79. The van der Waals surface area contributed by atoms with Crippen LogP contribution in [-0.4, -0.2) is 55.8 Å².